The van der Waals surface area contributed by atoms with Gasteiger partial charge in [-0.3, -0.25) is 4.79 Å². The van der Waals surface area contributed by atoms with Gasteiger partial charge in [0.25, 0.3) is 0 Å². The van der Waals surface area contributed by atoms with Crippen molar-refractivity contribution in [2.45, 2.75) is 18.3 Å². The number of anilines is 1. The van der Waals surface area contributed by atoms with Gasteiger partial charge in [-0.05, 0) is 49.4 Å². The van der Waals surface area contributed by atoms with E-state index in [0.29, 0.717) is 22.8 Å². The SMILES string of the molecule is COc1ccc(-c2cc(C(F)(F)F)nc(SCC(=O)Nc3cc(C)nn3-c3ccccc3)n2)cc1. The second-order valence-electron chi connectivity index (χ2n) is 7.40. The molecule has 0 spiro atoms. The molecule has 11 heteroatoms. The zero-order valence-electron chi connectivity index (χ0n) is 18.7. The van der Waals surface area contributed by atoms with Gasteiger partial charge < -0.3 is 10.1 Å². The number of carbonyl (C=O) groups is 1. The Morgan fingerprint density at radius 3 is 2.43 bits per heavy atom. The third-order valence-corrected chi connectivity index (χ3v) is 5.66. The molecule has 4 rings (SSSR count). The molecule has 0 bridgehead atoms. The van der Waals surface area contributed by atoms with E-state index in [-0.39, 0.29) is 16.6 Å². The lowest BCUT2D eigenvalue weighted by molar-refractivity contribution is -0.141. The number of carbonyl (C=O) groups excluding carboxylic acids is 1. The van der Waals surface area contributed by atoms with Crippen molar-refractivity contribution >= 4 is 23.5 Å². The molecule has 4 aromatic rings. The number of amides is 1. The average molecular weight is 500 g/mol. The molecular weight excluding hydrogens is 479 g/mol. The number of methoxy groups -OCH3 is 1. The fourth-order valence-corrected chi connectivity index (χ4v) is 3.87. The molecule has 7 nitrogen and oxygen atoms in total. The molecule has 0 unspecified atom stereocenters. The Kier molecular flexibility index (Phi) is 7.06. The van der Waals surface area contributed by atoms with Gasteiger partial charge in [0.2, 0.25) is 5.91 Å². The molecular formula is C24H20F3N5O2S. The first-order chi connectivity index (χ1) is 16.7. The molecule has 0 aliphatic rings. The van der Waals surface area contributed by atoms with Crippen molar-refractivity contribution in [3.8, 4) is 22.7 Å². The fourth-order valence-electron chi connectivity index (χ4n) is 3.21. The maximum atomic E-state index is 13.5. The van der Waals surface area contributed by atoms with Crippen LogP contribution in [0.1, 0.15) is 11.4 Å². The minimum Gasteiger partial charge on any atom is -0.497 e. The van der Waals surface area contributed by atoms with Crippen LogP contribution >= 0.6 is 11.8 Å². The van der Waals surface area contributed by atoms with E-state index in [9.17, 15) is 18.0 Å². The van der Waals surface area contributed by atoms with Crippen molar-refractivity contribution in [3.63, 3.8) is 0 Å². The third-order valence-electron chi connectivity index (χ3n) is 4.81. The van der Waals surface area contributed by atoms with Gasteiger partial charge in [0.1, 0.15) is 17.3 Å². The molecule has 2 aromatic carbocycles. The Balaban J connectivity index is 1.53. The van der Waals surface area contributed by atoms with E-state index in [4.69, 9.17) is 4.74 Å². The van der Waals surface area contributed by atoms with Gasteiger partial charge in [-0.25, -0.2) is 14.6 Å². The van der Waals surface area contributed by atoms with Crippen LogP contribution < -0.4 is 10.1 Å². The Hall–Kier alpha value is -3.86. The van der Waals surface area contributed by atoms with Gasteiger partial charge >= 0.3 is 6.18 Å². The van der Waals surface area contributed by atoms with E-state index in [2.05, 4.69) is 20.4 Å². The molecule has 1 N–H and O–H groups in total. The summed E-state index contributed by atoms with van der Waals surface area (Å²) in [5.41, 5.74) is 0.929. The van der Waals surface area contributed by atoms with Crippen LogP contribution in [0.2, 0.25) is 0 Å². The number of hydrogen-bond donors (Lipinski definition) is 1. The number of halogens is 3. The zero-order chi connectivity index (χ0) is 25.0. The molecule has 0 aliphatic heterocycles. The first kappa shape index (κ1) is 24.3. The standard InChI is InChI=1S/C24H20F3N5O2S/c1-15-12-21(32(31-15)17-6-4-3-5-7-17)30-22(33)14-35-23-28-19(13-20(29-23)24(25,26)27)16-8-10-18(34-2)11-9-16/h3-13H,14H2,1-2H3,(H,30,33). The van der Waals surface area contributed by atoms with E-state index in [1.54, 1.807) is 41.9 Å². The van der Waals surface area contributed by atoms with E-state index < -0.39 is 17.8 Å². The lowest BCUT2D eigenvalue weighted by Gasteiger charge is -2.11. The summed E-state index contributed by atoms with van der Waals surface area (Å²) in [5, 5.41) is 6.98. The maximum absolute atomic E-state index is 13.5. The number of para-hydroxylation sites is 1. The molecule has 0 atom stereocenters. The number of nitrogens with one attached hydrogen (secondary N) is 1. The van der Waals surface area contributed by atoms with E-state index in [0.717, 1.165) is 23.5 Å². The van der Waals surface area contributed by atoms with Crippen LogP contribution in [0, 0.1) is 6.92 Å². The summed E-state index contributed by atoms with van der Waals surface area (Å²) in [4.78, 5) is 20.5. The largest absolute Gasteiger partial charge is 0.497 e. The number of thioether (sulfide) groups is 1. The minimum absolute atomic E-state index is 0.0932. The Labute approximate surface area is 203 Å². The molecule has 180 valence electrons. The van der Waals surface area contributed by atoms with Crippen LogP contribution in [0.25, 0.3) is 16.9 Å². The predicted molar refractivity (Wildman–Crippen MR) is 127 cm³/mol. The van der Waals surface area contributed by atoms with Crippen LogP contribution in [0.5, 0.6) is 5.75 Å². The first-order valence-electron chi connectivity index (χ1n) is 10.4. The van der Waals surface area contributed by atoms with Gasteiger partial charge in [0.05, 0.1) is 29.9 Å². The molecule has 0 saturated carbocycles. The molecule has 2 aromatic heterocycles. The maximum Gasteiger partial charge on any atom is 0.433 e. The first-order valence-corrected chi connectivity index (χ1v) is 11.4. The number of nitrogens with zero attached hydrogens (tertiary/aromatic N) is 4. The highest BCUT2D eigenvalue weighted by molar-refractivity contribution is 7.99. The van der Waals surface area contributed by atoms with Gasteiger partial charge in [0.15, 0.2) is 5.16 Å². The van der Waals surface area contributed by atoms with Crippen LogP contribution in [0.15, 0.2) is 71.9 Å². The Bertz CT molecular complexity index is 1330. The monoisotopic (exact) mass is 499 g/mol. The van der Waals surface area contributed by atoms with Gasteiger partial charge in [-0.2, -0.15) is 18.3 Å². The van der Waals surface area contributed by atoms with Gasteiger partial charge in [0, 0.05) is 11.6 Å². The fraction of sp³-hybridized carbons (Fsp3) is 0.167. The summed E-state index contributed by atoms with van der Waals surface area (Å²) >= 11 is 0.814. The second kappa shape index (κ2) is 10.2. The van der Waals surface area contributed by atoms with Crippen molar-refractivity contribution in [1.29, 1.82) is 0 Å². The van der Waals surface area contributed by atoms with Crippen molar-refractivity contribution in [1.82, 2.24) is 19.7 Å². The summed E-state index contributed by atoms with van der Waals surface area (Å²) < 4.78 is 47.1. The summed E-state index contributed by atoms with van der Waals surface area (Å²) in [5.74, 6) is 0.389. The lowest BCUT2D eigenvalue weighted by Crippen LogP contribution is -2.17. The highest BCUT2D eigenvalue weighted by Crippen LogP contribution is 2.32. The van der Waals surface area contributed by atoms with Gasteiger partial charge in [-0.15, -0.1) is 0 Å². The summed E-state index contributed by atoms with van der Waals surface area (Å²) in [6.07, 6.45) is -4.67. The minimum atomic E-state index is -4.67. The Morgan fingerprint density at radius 1 is 1.06 bits per heavy atom. The molecule has 0 fully saturated rings. The summed E-state index contributed by atoms with van der Waals surface area (Å²) in [6, 6.07) is 18.3. The van der Waals surface area contributed by atoms with Crippen LogP contribution in [0.4, 0.5) is 19.0 Å². The van der Waals surface area contributed by atoms with Crippen LogP contribution in [-0.4, -0.2) is 38.5 Å². The number of benzene rings is 2. The number of rotatable bonds is 7. The molecule has 1 amide bonds. The van der Waals surface area contributed by atoms with E-state index in [1.807, 2.05) is 30.3 Å². The topological polar surface area (TPSA) is 81.9 Å². The molecule has 2 heterocycles. The Morgan fingerprint density at radius 2 is 1.77 bits per heavy atom. The van der Waals surface area contributed by atoms with Crippen LogP contribution in [-0.2, 0) is 11.0 Å². The highest BCUT2D eigenvalue weighted by Gasteiger charge is 2.34. The predicted octanol–water partition coefficient (Wildman–Crippen LogP) is 5.40. The smallest absolute Gasteiger partial charge is 0.433 e. The van der Waals surface area contributed by atoms with Crippen LogP contribution in [0.3, 0.4) is 0 Å². The quantitative estimate of drug-likeness (QED) is 0.271. The summed E-state index contributed by atoms with van der Waals surface area (Å²) in [6.45, 7) is 1.79. The number of aromatic nitrogens is 4. The highest BCUT2D eigenvalue weighted by atomic mass is 32.2. The normalized spacial score (nSPS) is 11.3. The van der Waals surface area contributed by atoms with Crippen molar-refractivity contribution in [3.05, 3.63) is 78.1 Å². The van der Waals surface area contributed by atoms with Crippen molar-refractivity contribution < 1.29 is 22.7 Å². The number of hydrogen-bond acceptors (Lipinski definition) is 6. The molecule has 35 heavy (non-hydrogen) atoms. The van der Waals surface area contributed by atoms with Crippen molar-refractivity contribution in [2.75, 3.05) is 18.2 Å². The van der Waals surface area contributed by atoms with Crippen molar-refractivity contribution in [2.24, 2.45) is 0 Å². The van der Waals surface area contributed by atoms with Gasteiger partial charge in [-0.1, -0.05) is 30.0 Å². The average Bonchev–Trinajstić information content (AvgIpc) is 3.22. The molecule has 0 saturated heterocycles. The second-order valence-corrected chi connectivity index (χ2v) is 8.34. The van der Waals surface area contributed by atoms with E-state index in [1.165, 1.54) is 7.11 Å². The molecule has 0 aliphatic carbocycles. The summed E-state index contributed by atoms with van der Waals surface area (Å²) in [7, 11) is 1.50. The number of ether oxygens (including phenoxy) is 1. The van der Waals surface area contributed by atoms with E-state index >= 15 is 0 Å². The third kappa shape index (κ3) is 5.99. The zero-order valence-corrected chi connectivity index (χ0v) is 19.5. The number of aryl methyl sites for hydroxylation is 1. The number of alkyl halides is 3. The lowest BCUT2D eigenvalue weighted by atomic mass is 10.1. The molecule has 0 radical (unpaired) electrons.